The zero-order chi connectivity index (χ0) is 14.5. The third-order valence-electron chi connectivity index (χ3n) is 3.07. The van der Waals surface area contributed by atoms with E-state index in [0.717, 1.165) is 24.2 Å². The Morgan fingerprint density at radius 2 is 2.20 bits per heavy atom. The molecule has 0 spiro atoms. The van der Waals surface area contributed by atoms with Crippen molar-refractivity contribution >= 4 is 22.7 Å². The number of carboxylic acid groups (broad SMARTS) is 1. The summed E-state index contributed by atoms with van der Waals surface area (Å²) in [6.45, 7) is 1.50. The van der Waals surface area contributed by atoms with Gasteiger partial charge >= 0.3 is 5.97 Å². The minimum Gasteiger partial charge on any atom is -0.478 e. The molecule has 0 saturated heterocycles. The second-order valence-corrected chi connectivity index (χ2v) is 4.50. The van der Waals surface area contributed by atoms with Crippen LogP contribution in [0.15, 0.2) is 24.5 Å². The van der Waals surface area contributed by atoms with Gasteiger partial charge in [0.2, 0.25) is 0 Å². The third-order valence-corrected chi connectivity index (χ3v) is 3.07. The first kappa shape index (κ1) is 14.2. The molecule has 0 fully saturated rings. The Kier molecular flexibility index (Phi) is 4.47. The summed E-state index contributed by atoms with van der Waals surface area (Å²) in [5.41, 5.74) is 0.859. The fourth-order valence-corrected chi connectivity index (χ4v) is 2.03. The fraction of sp³-hybridized carbons (Fsp3) is 0.357. The van der Waals surface area contributed by atoms with Gasteiger partial charge in [-0.1, -0.05) is 0 Å². The van der Waals surface area contributed by atoms with Gasteiger partial charge in [-0.3, -0.25) is 0 Å². The van der Waals surface area contributed by atoms with E-state index in [0.29, 0.717) is 12.1 Å². The lowest BCUT2D eigenvalue weighted by molar-refractivity contribution is 0.0697. The van der Waals surface area contributed by atoms with Gasteiger partial charge in [0.05, 0.1) is 11.1 Å². The number of carbonyl (C=O) groups is 1. The van der Waals surface area contributed by atoms with Crippen LogP contribution in [0.5, 0.6) is 0 Å². The monoisotopic (exact) mass is 275 g/mol. The van der Waals surface area contributed by atoms with Crippen LogP contribution in [0.2, 0.25) is 0 Å². The fourth-order valence-electron chi connectivity index (χ4n) is 2.03. The summed E-state index contributed by atoms with van der Waals surface area (Å²) in [6, 6.07) is 4.88. The minimum absolute atomic E-state index is 0.226. The molecule has 0 aliphatic heterocycles. The van der Waals surface area contributed by atoms with Crippen LogP contribution in [0.25, 0.3) is 10.9 Å². The largest absolute Gasteiger partial charge is 0.478 e. The average molecular weight is 275 g/mol. The molecule has 0 amide bonds. The molecule has 1 heterocycles. The molecule has 1 aromatic heterocycles. The SMILES string of the molecule is COCCCN(C)c1ncnc2cc(C(=O)O)ccc12. The third kappa shape index (κ3) is 3.03. The van der Waals surface area contributed by atoms with E-state index < -0.39 is 5.97 Å². The van der Waals surface area contributed by atoms with Gasteiger partial charge in [-0.15, -0.1) is 0 Å². The molecule has 0 bridgehead atoms. The number of rotatable bonds is 6. The lowest BCUT2D eigenvalue weighted by atomic mass is 10.1. The number of aromatic carboxylic acids is 1. The lowest BCUT2D eigenvalue weighted by Crippen LogP contribution is -2.21. The van der Waals surface area contributed by atoms with Crippen molar-refractivity contribution in [2.75, 3.05) is 32.2 Å². The number of methoxy groups -OCH3 is 1. The molecule has 1 aromatic carbocycles. The molecule has 2 rings (SSSR count). The summed E-state index contributed by atoms with van der Waals surface area (Å²) in [5.74, 6) is -0.163. The van der Waals surface area contributed by atoms with E-state index in [-0.39, 0.29) is 5.56 Å². The Morgan fingerprint density at radius 3 is 2.90 bits per heavy atom. The van der Waals surface area contributed by atoms with Crippen molar-refractivity contribution in [3.8, 4) is 0 Å². The Morgan fingerprint density at radius 1 is 1.40 bits per heavy atom. The number of fused-ring (bicyclic) bond motifs is 1. The second kappa shape index (κ2) is 6.29. The van der Waals surface area contributed by atoms with Crippen LogP contribution in [0, 0.1) is 0 Å². The van der Waals surface area contributed by atoms with Crippen molar-refractivity contribution in [2.45, 2.75) is 6.42 Å². The van der Waals surface area contributed by atoms with Crippen molar-refractivity contribution in [1.82, 2.24) is 9.97 Å². The summed E-state index contributed by atoms with van der Waals surface area (Å²) < 4.78 is 5.03. The maximum absolute atomic E-state index is 11.0. The number of anilines is 1. The number of ether oxygens (including phenoxy) is 1. The maximum Gasteiger partial charge on any atom is 0.335 e. The minimum atomic E-state index is -0.958. The summed E-state index contributed by atoms with van der Waals surface area (Å²) >= 11 is 0. The maximum atomic E-state index is 11.0. The number of hydrogen-bond donors (Lipinski definition) is 1. The van der Waals surface area contributed by atoms with Crippen molar-refractivity contribution in [1.29, 1.82) is 0 Å². The van der Waals surface area contributed by atoms with E-state index in [9.17, 15) is 4.79 Å². The number of aromatic nitrogens is 2. The molecule has 0 aliphatic rings. The number of hydrogen-bond acceptors (Lipinski definition) is 5. The molecular formula is C14H17N3O3. The highest BCUT2D eigenvalue weighted by Gasteiger charge is 2.10. The highest BCUT2D eigenvalue weighted by atomic mass is 16.5. The van der Waals surface area contributed by atoms with E-state index >= 15 is 0 Å². The van der Waals surface area contributed by atoms with Crippen molar-refractivity contribution in [3.05, 3.63) is 30.1 Å². The molecule has 106 valence electrons. The zero-order valence-corrected chi connectivity index (χ0v) is 11.5. The summed E-state index contributed by atoms with van der Waals surface area (Å²) in [7, 11) is 3.62. The van der Waals surface area contributed by atoms with Crippen molar-refractivity contribution < 1.29 is 14.6 Å². The van der Waals surface area contributed by atoms with Crippen molar-refractivity contribution in [2.24, 2.45) is 0 Å². The molecule has 0 unspecified atom stereocenters. The lowest BCUT2D eigenvalue weighted by Gasteiger charge is -2.19. The Hall–Kier alpha value is -2.21. The molecule has 20 heavy (non-hydrogen) atoms. The smallest absolute Gasteiger partial charge is 0.335 e. The van der Waals surface area contributed by atoms with Gasteiger partial charge in [-0.25, -0.2) is 14.8 Å². The normalized spacial score (nSPS) is 10.7. The number of nitrogens with zero attached hydrogens (tertiary/aromatic N) is 3. The van der Waals surface area contributed by atoms with Gasteiger partial charge in [-0.2, -0.15) is 0 Å². The molecule has 2 aromatic rings. The molecule has 1 N–H and O–H groups in total. The Balaban J connectivity index is 2.32. The van der Waals surface area contributed by atoms with Crippen LogP contribution in [0.4, 0.5) is 5.82 Å². The molecular weight excluding hydrogens is 258 g/mol. The number of benzene rings is 1. The zero-order valence-electron chi connectivity index (χ0n) is 11.5. The van der Waals surface area contributed by atoms with Gasteiger partial charge in [-0.05, 0) is 24.6 Å². The van der Waals surface area contributed by atoms with E-state index in [4.69, 9.17) is 9.84 Å². The van der Waals surface area contributed by atoms with Gasteiger partial charge in [0.1, 0.15) is 12.1 Å². The van der Waals surface area contributed by atoms with Crippen LogP contribution in [0.3, 0.4) is 0 Å². The standard InChI is InChI=1S/C14H17N3O3/c1-17(6-3-7-20-2)13-11-5-4-10(14(18)19)8-12(11)15-9-16-13/h4-5,8-9H,3,6-7H2,1-2H3,(H,18,19). The second-order valence-electron chi connectivity index (χ2n) is 4.50. The summed E-state index contributed by atoms with van der Waals surface area (Å²) in [5, 5.41) is 9.84. The van der Waals surface area contributed by atoms with Gasteiger partial charge in [0.15, 0.2) is 0 Å². The van der Waals surface area contributed by atoms with Crippen LogP contribution >= 0.6 is 0 Å². The first-order chi connectivity index (χ1) is 9.63. The van der Waals surface area contributed by atoms with Crippen LogP contribution in [-0.2, 0) is 4.74 Å². The quantitative estimate of drug-likeness (QED) is 0.810. The van der Waals surface area contributed by atoms with Crippen LogP contribution < -0.4 is 4.90 Å². The highest BCUT2D eigenvalue weighted by Crippen LogP contribution is 2.23. The Bertz CT molecular complexity index is 616. The molecule has 6 heteroatoms. The molecule has 0 aliphatic carbocycles. The molecule has 0 atom stereocenters. The average Bonchev–Trinajstić information content (AvgIpc) is 2.46. The number of carboxylic acids is 1. The molecule has 6 nitrogen and oxygen atoms in total. The highest BCUT2D eigenvalue weighted by molar-refractivity contribution is 5.96. The predicted octanol–water partition coefficient (Wildman–Crippen LogP) is 1.80. The predicted molar refractivity (Wildman–Crippen MR) is 76.3 cm³/mol. The molecule has 0 radical (unpaired) electrons. The summed E-state index contributed by atoms with van der Waals surface area (Å²) in [4.78, 5) is 21.4. The topological polar surface area (TPSA) is 75.5 Å². The van der Waals surface area contributed by atoms with E-state index in [1.807, 2.05) is 11.9 Å². The van der Waals surface area contributed by atoms with E-state index in [2.05, 4.69) is 9.97 Å². The van der Waals surface area contributed by atoms with Crippen LogP contribution in [-0.4, -0.2) is 48.4 Å². The van der Waals surface area contributed by atoms with E-state index in [1.54, 1.807) is 25.3 Å². The first-order valence-electron chi connectivity index (χ1n) is 6.31. The van der Waals surface area contributed by atoms with Crippen LogP contribution in [0.1, 0.15) is 16.8 Å². The van der Waals surface area contributed by atoms with Crippen molar-refractivity contribution in [3.63, 3.8) is 0 Å². The molecule has 0 saturated carbocycles. The Labute approximate surface area is 117 Å². The van der Waals surface area contributed by atoms with E-state index in [1.165, 1.54) is 6.33 Å². The first-order valence-corrected chi connectivity index (χ1v) is 6.31. The summed E-state index contributed by atoms with van der Waals surface area (Å²) in [6.07, 6.45) is 2.35. The van der Waals surface area contributed by atoms with Gasteiger partial charge in [0, 0.05) is 32.7 Å². The van der Waals surface area contributed by atoms with Gasteiger partial charge in [0.25, 0.3) is 0 Å². The van der Waals surface area contributed by atoms with Gasteiger partial charge < -0.3 is 14.7 Å².